The van der Waals surface area contributed by atoms with Gasteiger partial charge in [-0.05, 0) is 18.3 Å². The van der Waals surface area contributed by atoms with Crippen molar-refractivity contribution in [3.8, 4) is 0 Å². The van der Waals surface area contributed by atoms with E-state index >= 15 is 0 Å². The summed E-state index contributed by atoms with van der Waals surface area (Å²) in [7, 11) is -4.64. The molecule has 0 saturated carbocycles. The molecule has 0 spiro atoms. The van der Waals surface area contributed by atoms with Gasteiger partial charge in [0.15, 0.2) is 5.11 Å². The molecular formula is C9H15N2O7PS2. The van der Waals surface area contributed by atoms with Gasteiger partial charge >= 0.3 is 7.82 Å². The Balaban J connectivity index is 2.04. The fourth-order valence-corrected chi connectivity index (χ4v) is 4.23. The summed E-state index contributed by atoms with van der Waals surface area (Å²) in [6.07, 6.45) is -0.455. The fourth-order valence-electron chi connectivity index (χ4n) is 1.96. The molecule has 0 bridgehead atoms. The first-order valence-electron chi connectivity index (χ1n) is 5.86. The number of hydrogen-bond acceptors (Lipinski definition) is 7. The van der Waals surface area contributed by atoms with Gasteiger partial charge in [0.25, 0.3) is 0 Å². The van der Waals surface area contributed by atoms with Crippen LogP contribution in [-0.2, 0) is 9.09 Å². The van der Waals surface area contributed by atoms with E-state index in [1.807, 2.05) is 0 Å². The molecule has 12 heteroatoms. The molecule has 1 fully saturated rings. The van der Waals surface area contributed by atoms with Crippen molar-refractivity contribution in [2.45, 2.75) is 29.1 Å². The molecule has 0 aromatic carbocycles. The minimum absolute atomic E-state index is 0.172. The Morgan fingerprint density at radius 2 is 2.05 bits per heavy atom. The van der Waals surface area contributed by atoms with Crippen LogP contribution in [0.2, 0.25) is 0 Å². The molecule has 0 amide bonds. The van der Waals surface area contributed by atoms with Crippen LogP contribution < -0.4 is 5.32 Å². The van der Waals surface area contributed by atoms with Crippen molar-refractivity contribution >= 4 is 36.9 Å². The van der Waals surface area contributed by atoms with Crippen molar-refractivity contribution in [1.82, 2.24) is 10.2 Å². The molecule has 6 N–H and O–H groups in total. The van der Waals surface area contributed by atoms with Crippen molar-refractivity contribution in [1.29, 1.82) is 0 Å². The first kappa shape index (κ1) is 17.1. The van der Waals surface area contributed by atoms with E-state index in [4.69, 9.17) is 22.0 Å². The van der Waals surface area contributed by atoms with Crippen LogP contribution >= 0.6 is 31.8 Å². The second kappa shape index (κ2) is 6.49. The Labute approximate surface area is 129 Å². The molecule has 2 aliphatic rings. The van der Waals surface area contributed by atoms with E-state index in [9.17, 15) is 19.9 Å². The Kier molecular flexibility index (Phi) is 5.29. The van der Waals surface area contributed by atoms with E-state index in [2.05, 4.69) is 9.84 Å². The zero-order chi connectivity index (χ0) is 15.8. The number of phosphoric ester groups is 1. The lowest BCUT2D eigenvalue weighted by atomic mass is 10.1. The first-order chi connectivity index (χ1) is 9.69. The first-order valence-corrected chi connectivity index (χ1v) is 8.74. The van der Waals surface area contributed by atoms with Crippen molar-refractivity contribution in [3.05, 3.63) is 12.3 Å². The Morgan fingerprint density at radius 3 is 2.62 bits per heavy atom. The molecule has 1 unspecified atom stereocenters. The Bertz CT molecular complexity index is 487. The second-order valence-corrected chi connectivity index (χ2v) is 7.46. The molecule has 1 saturated heterocycles. The van der Waals surface area contributed by atoms with E-state index in [1.165, 1.54) is 17.2 Å². The molecule has 2 rings (SSSR count). The molecule has 21 heavy (non-hydrogen) atoms. The van der Waals surface area contributed by atoms with Gasteiger partial charge in [-0.25, -0.2) is 4.57 Å². The zero-order valence-electron chi connectivity index (χ0n) is 10.5. The highest BCUT2D eigenvalue weighted by Gasteiger charge is 2.46. The van der Waals surface area contributed by atoms with Crippen molar-refractivity contribution in [2.24, 2.45) is 0 Å². The number of nitrogens with zero attached hydrogens (tertiary/aromatic N) is 1. The summed E-state index contributed by atoms with van der Waals surface area (Å²) in [6.45, 7) is -0.413. The fraction of sp³-hybridized carbons (Fsp3) is 0.667. The molecule has 2 aliphatic heterocycles. The van der Waals surface area contributed by atoms with E-state index in [1.54, 1.807) is 0 Å². The van der Waals surface area contributed by atoms with Gasteiger partial charge in [0.2, 0.25) is 0 Å². The maximum atomic E-state index is 10.7. The van der Waals surface area contributed by atoms with Gasteiger partial charge in [0.05, 0.1) is 18.0 Å². The van der Waals surface area contributed by atoms with Gasteiger partial charge in [-0.15, -0.1) is 11.8 Å². The quantitative estimate of drug-likeness (QED) is 0.252. The lowest BCUT2D eigenvalue weighted by Crippen LogP contribution is -2.51. The zero-order valence-corrected chi connectivity index (χ0v) is 13.0. The number of thiocarbonyl (C=S) groups is 1. The molecule has 0 aromatic heterocycles. The van der Waals surface area contributed by atoms with E-state index in [-0.39, 0.29) is 5.11 Å². The summed E-state index contributed by atoms with van der Waals surface area (Å²) >= 11 is 6.11. The highest BCUT2D eigenvalue weighted by molar-refractivity contribution is 8.01. The van der Waals surface area contributed by atoms with E-state index < -0.39 is 43.5 Å². The third-order valence-corrected chi connectivity index (χ3v) is 5.32. The highest BCUT2D eigenvalue weighted by atomic mass is 32.2. The van der Waals surface area contributed by atoms with Crippen molar-refractivity contribution < 1.29 is 34.2 Å². The van der Waals surface area contributed by atoms with Gasteiger partial charge in [0.1, 0.15) is 17.7 Å². The van der Waals surface area contributed by atoms with Crippen LogP contribution in [0, 0.1) is 0 Å². The van der Waals surface area contributed by atoms with Crippen LogP contribution in [0.5, 0.6) is 0 Å². The smallest absolute Gasteiger partial charge is 0.389 e. The van der Waals surface area contributed by atoms with Crippen LogP contribution in [0.15, 0.2) is 12.3 Å². The summed E-state index contributed by atoms with van der Waals surface area (Å²) < 4.78 is 15.0. The number of aliphatic hydroxyl groups excluding tert-OH is 3. The van der Waals surface area contributed by atoms with Gasteiger partial charge < -0.3 is 35.3 Å². The molecule has 0 aliphatic carbocycles. The number of rotatable bonds is 4. The molecule has 0 radical (unpaired) electrons. The normalized spacial score (nSPS) is 36.9. The van der Waals surface area contributed by atoms with Crippen LogP contribution in [0.1, 0.15) is 0 Å². The molecule has 5 atom stereocenters. The number of phosphoric acid groups is 1. The minimum Gasteiger partial charge on any atom is -0.389 e. The number of hydrogen-bond donors (Lipinski definition) is 6. The number of nitrogens with one attached hydrogen (secondary N) is 1. The lowest BCUT2D eigenvalue weighted by Gasteiger charge is -2.33. The molecule has 2 heterocycles. The van der Waals surface area contributed by atoms with Crippen molar-refractivity contribution in [2.75, 3.05) is 6.61 Å². The van der Waals surface area contributed by atoms with Gasteiger partial charge in [-0.1, -0.05) is 0 Å². The third kappa shape index (κ3) is 4.15. The molecule has 120 valence electrons. The van der Waals surface area contributed by atoms with Crippen LogP contribution in [0.4, 0.5) is 0 Å². The minimum atomic E-state index is -4.64. The summed E-state index contributed by atoms with van der Waals surface area (Å²) in [5.41, 5.74) is 0. The molecule has 9 nitrogen and oxygen atoms in total. The van der Waals surface area contributed by atoms with Crippen LogP contribution in [0.25, 0.3) is 0 Å². The predicted molar refractivity (Wildman–Crippen MR) is 77.9 cm³/mol. The second-order valence-electron chi connectivity index (χ2n) is 4.48. The van der Waals surface area contributed by atoms with Crippen LogP contribution in [0.3, 0.4) is 0 Å². The van der Waals surface area contributed by atoms with Crippen molar-refractivity contribution in [3.63, 3.8) is 0 Å². The number of aliphatic hydroxyl groups is 3. The SMILES string of the molecule is O=P(O)(O)OC[C@H]1S[C@@H](N2C=CC(O)NC2=S)[C@H](O)[C@@H]1O. The largest absolute Gasteiger partial charge is 0.469 e. The molecule has 0 aromatic rings. The summed E-state index contributed by atoms with van der Waals surface area (Å²) in [5, 5.41) is 30.7. The number of thioether (sulfide) groups is 1. The maximum Gasteiger partial charge on any atom is 0.469 e. The summed E-state index contributed by atoms with van der Waals surface area (Å²) in [6, 6.07) is 0. The predicted octanol–water partition coefficient (Wildman–Crippen LogP) is -1.72. The Hall–Kier alpha value is -0.230. The Morgan fingerprint density at radius 1 is 1.38 bits per heavy atom. The summed E-state index contributed by atoms with van der Waals surface area (Å²) in [4.78, 5) is 18.8. The third-order valence-electron chi connectivity index (χ3n) is 2.95. The highest BCUT2D eigenvalue weighted by Crippen LogP contribution is 2.42. The standard InChI is InChI=1S/C9H15N2O7PS2/c12-5-1-2-11(9(20)10-5)8-7(14)6(13)4(21-8)3-18-19(15,16)17/h1-2,4-8,12-14H,3H2,(H,10,20)(H2,15,16,17)/t4-,5?,6-,7-,8-/m1/s1. The monoisotopic (exact) mass is 358 g/mol. The van der Waals surface area contributed by atoms with Gasteiger partial charge in [-0.2, -0.15) is 0 Å². The van der Waals surface area contributed by atoms with Gasteiger partial charge in [-0.3, -0.25) is 4.52 Å². The average molecular weight is 358 g/mol. The topological polar surface area (TPSA) is 143 Å². The van der Waals surface area contributed by atoms with E-state index in [0.717, 1.165) is 11.8 Å². The molecular weight excluding hydrogens is 343 g/mol. The van der Waals surface area contributed by atoms with E-state index in [0.29, 0.717) is 0 Å². The maximum absolute atomic E-state index is 10.7. The lowest BCUT2D eigenvalue weighted by molar-refractivity contribution is 0.00746. The van der Waals surface area contributed by atoms with Gasteiger partial charge in [0, 0.05) is 6.20 Å². The average Bonchev–Trinajstić information content (AvgIpc) is 2.64. The summed E-state index contributed by atoms with van der Waals surface area (Å²) in [5.74, 6) is 0. The van der Waals surface area contributed by atoms with Crippen LogP contribution in [-0.4, -0.2) is 70.8 Å².